The summed E-state index contributed by atoms with van der Waals surface area (Å²) in [6.45, 7) is 6.61. The summed E-state index contributed by atoms with van der Waals surface area (Å²) in [6, 6.07) is 7.69. The molecule has 6 nitrogen and oxygen atoms in total. The third-order valence-corrected chi connectivity index (χ3v) is 6.02. The third kappa shape index (κ3) is 6.45. The van der Waals surface area contributed by atoms with Crippen molar-refractivity contribution < 1.29 is 23.4 Å². The molecular formula is C26H35NO5. The molecule has 0 radical (unpaired) electrons. The van der Waals surface area contributed by atoms with Gasteiger partial charge in [0.2, 0.25) is 5.89 Å². The van der Waals surface area contributed by atoms with Gasteiger partial charge in [0.25, 0.3) is 0 Å². The molecular weight excluding hydrogens is 406 g/mol. The number of hydrogen-bond acceptors (Lipinski definition) is 6. The van der Waals surface area contributed by atoms with Crippen LogP contribution in [0.3, 0.4) is 0 Å². The molecule has 0 aliphatic heterocycles. The lowest BCUT2D eigenvalue weighted by Gasteiger charge is -2.28. The Morgan fingerprint density at radius 2 is 2.12 bits per heavy atom. The van der Waals surface area contributed by atoms with Crippen molar-refractivity contribution in [1.29, 1.82) is 0 Å². The van der Waals surface area contributed by atoms with Gasteiger partial charge in [0.1, 0.15) is 17.2 Å². The number of methoxy groups -OCH3 is 1. The van der Waals surface area contributed by atoms with Crippen LogP contribution in [0.2, 0.25) is 0 Å². The molecule has 1 heterocycles. The van der Waals surface area contributed by atoms with E-state index in [1.807, 2.05) is 45.0 Å². The van der Waals surface area contributed by atoms with Crippen molar-refractivity contribution in [2.75, 3.05) is 13.7 Å². The van der Waals surface area contributed by atoms with Gasteiger partial charge in [0.15, 0.2) is 0 Å². The van der Waals surface area contributed by atoms with E-state index in [9.17, 15) is 4.79 Å². The smallest absolute Gasteiger partial charge is 0.333 e. The van der Waals surface area contributed by atoms with Crippen LogP contribution in [0, 0.1) is 12.8 Å². The predicted octanol–water partition coefficient (Wildman–Crippen LogP) is 6.02. The highest BCUT2D eigenvalue weighted by Crippen LogP contribution is 2.31. The molecule has 0 bridgehead atoms. The fourth-order valence-corrected chi connectivity index (χ4v) is 4.15. The van der Waals surface area contributed by atoms with Crippen LogP contribution in [-0.4, -0.2) is 30.8 Å². The zero-order valence-corrected chi connectivity index (χ0v) is 19.7. The molecule has 0 N–H and O–H groups in total. The Bertz CT molecular complexity index is 917. The lowest BCUT2D eigenvalue weighted by atomic mass is 9.84. The van der Waals surface area contributed by atoms with Gasteiger partial charge in [-0.3, -0.25) is 0 Å². The fraction of sp³-hybridized carbons (Fsp3) is 0.538. The lowest BCUT2D eigenvalue weighted by Crippen LogP contribution is -2.23. The van der Waals surface area contributed by atoms with Crippen molar-refractivity contribution in [3.8, 4) is 17.2 Å². The minimum absolute atomic E-state index is 0.188. The Morgan fingerprint density at radius 1 is 1.28 bits per heavy atom. The maximum absolute atomic E-state index is 12.0. The average molecular weight is 442 g/mol. The summed E-state index contributed by atoms with van der Waals surface area (Å²) in [5.74, 6) is 2.47. The van der Waals surface area contributed by atoms with E-state index in [1.54, 1.807) is 7.11 Å². The predicted molar refractivity (Wildman–Crippen MR) is 123 cm³/mol. The van der Waals surface area contributed by atoms with E-state index in [-0.39, 0.29) is 12.1 Å². The van der Waals surface area contributed by atoms with Gasteiger partial charge in [-0.2, -0.15) is 0 Å². The van der Waals surface area contributed by atoms with Crippen LogP contribution in [0.5, 0.6) is 5.75 Å². The van der Waals surface area contributed by atoms with Gasteiger partial charge in [0.05, 0.1) is 26.4 Å². The molecule has 1 aliphatic rings. The summed E-state index contributed by atoms with van der Waals surface area (Å²) in [4.78, 5) is 16.7. The highest BCUT2D eigenvalue weighted by molar-refractivity contribution is 5.88. The van der Waals surface area contributed by atoms with Crippen LogP contribution < -0.4 is 4.74 Å². The van der Waals surface area contributed by atoms with E-state index < -0.39 is 0 Å². The van der Waals surface area contributed by atoms with Crippen LogP contribution >= 0.6 is 0 Å². The average Bonchev–Trinajstić information content (AvgIpc) is 3.19. The Labute approximate surface area is 191 Å². The van der Waals surface area contributed by atoms with E-state index in [0.29, 0.717) is 31.4 Å². The fourth-order valence-electron chi connectivity index (χ4n) is 4.15. The van der Waals surface area contributed by atoms with Crippen LogP contribution in [0.15, 0.2) is 40.3 Å². The summed E-state index contributed by atoms with van der Waals surface area (Å²) in [5.41, 5.74) is 2.50. The minimum Gasteiger partial charge on any atom is -0.497 e. The molecule has 2 atom stereocenters. The normalized spacial score (nSPS) is 19.1. The number of allylic oxidation sites excluding steroid dienone is 1. The molecule has 0 amide bonds. The molecule has 3 rings (SSSR count). The van der Waals surface area contributed by atoms with Crippen molar-refractivity contribution >= 4 is 5.97 Å². The Morgan fingerprint density at radius 3 is 2.88 bits per heavy atom. The number of benzene rings is 1. The Hall–Kier alpha value is -2.60. The summed E-state index contributed by atoms with van der Waals surface area (Å²) >= 11 is 0. The van der Waals surface area contributed by atoms with E-state index in [4.69, 9.17) is 18.6 Å². The second-order valence-corrected chi connectivity index (χ2v) is 8.26. The maximum atomic E-state index is 12.0. The summed E-state index contributed by atoms with van der Waals surface area (Å²) in [6.07, 6.45) is 8.21. The SMILES string of the molecule is CCOC(=O)/C(=C/CC1CCCC(OCc2nc(-c3cccc(OC)c3)oc2C)C1)CC. The van der Waals surface area contributed by atoms with Crippen molar-refractivity contribution in [2.24, 2.45) is 5.92 Å². The largest absolute Gasteiger partial charge is 0.497 e. The van der Waals surface area contributed by atoms with Gasteiger partial charge in [-0.1, -0.05) is 25.5 Å². The van der Waals surface area contributed by atoms with Crippen LogP contribution in [0.25, 0.3) is 11.5 Å². The number of esters is 1. The number of oxazole rings is 1. The molecule has 0 spiro atoms. The first-order valence-corrected chi connectivity index (χ1v) is 11.6. The van der Waals surface area contributed by atoms with Crippen molar-refractivity contribution in [2.45, 2.75) is 72.0 Å². The summed E-state index contributed by atoms with van der Waals surface area (Å²) in [5, 5.41) is 0. The van der Waals surface area contributed by atoms with Gasteiger partial charge in [-0.15, -0.1) is 0 Å². The lowest BCUT2D eigenvalue weighted by molar-refractivity contribution is -0.138. The van der Waals surface area contributed by atoms with Gasteiger partial charge < -0.3 is 18.6 Å². The van der Waals surface area contributed by atoms with Gasteiger partial charge in [0, 0.05) is 11.1 Å². The molecule has 1 aromatic heterocycles. The molecule has 2 unspecified atom stereocenters. The van der Waals surface area contributed by atoms with Crippen molar-refractivity contribution in [1.82, 2.24) is 4.98 Å². The third-order valence-electron chi connectivity index (χ3n) is 6.02. The zero-order valence-electron chi connectivity index (χ0n) is 19.7. The molecule has 2 aromatic rings. The van der Waals surface area contributed by atoms with E-state index in [0.717, 1.165) is 54.0 Å². The number of aromatic nitrogens is 1. The van der Waals surface area contributed by atoms with Crippen LogP contribution in [0.4, 0.5) is 0 Å². The molecule has 0 saturated heterocycles. The molecule has 174 valence electrons. The molecule has 1 aliphatic carbocycles. The highest BCUT2D eigenvalue weighted by atomic mass is 16.5. The second kappa shape index (κ2) is 11.9. The number of nitrogens with zero attached hydrogens (tertiary/aromatic N) is 1. The number of ether oxygens (including phenoxy) is 3. The minimum atomic E-state index is -0.188. The monoisotopic (exact) mass is 441 g/mol. The first kappa shape index (κ1) is 24.1. The maximum Gasteiger partial charge on any atom is 0.333 e. The first-order valence-electron chi connectivity index (χ1n) is 11.6. The Balaban J connectivity index is 1.55. The van der Waals surface area contributed by atoms with E-state index in [1.165, 1.54) is 6.42 Å². The zero-order chi connectivity index (χ0) is 22.9. The first-order chi connectivity index (χ1) is 15.5. The quantitative estimate of drug-likeness (QED) is 0.331. The molecule has 1 aromatic carbocycles. The van der Waals surface area contributed by atoms with Crippen molar-refractivity contribution in [3.05, 3.63) is 47.4 Å². The Kier molecular flexibility index (Phi) is 8.91. The number of aryl methyl sites for hydroxylation is 1. The van der Waals surface area contributed by atoms with Gasteiger partial charge in [-0.25, -0.2) is 9.78 Å². The molecule has 1 saturated carbocycles. The molecule has 6 heteroatoms. The van der Waals surface area contributed by atoms with Crippen LogP contribution in [0.1, 0.15) is 63.8 Å². The number of rotatable bonds is 10. The topological polar surface area (TPSA) is 70.8 Å². The van der Waals surface area contributed by atoms with Gasteiger partial charge in [-0.05, 0) is 70.1 Å². The number of carbonyl (C=O) groups excluding carboxylic acids is 1. The number of hydrogen-bond donors (Lipinski definition) is 0. The standard InChI is InChI=1S/C26H35NO5/c1-5-20(26(28)30-6-2)14-13-19-9-7-12-23(15-19)31-17-24-18(3)32-25(27-24)21-10-8-11-22(16-21)29-4/h8,10-11,14,16,19,23H,5-7,9,12-13,15,17H2,1-4H3/b20-14+. The highest BCUT2D eigenvalue weighted by Gasteiger charge is 2.23. The van der Waals surface area contributed by atoms with Gasteiger partial charge >= 0.3 is 5.97 Å². The number of carbonyl (C=O) groups is 1. The van der Waals surface area contributed by atoms with Crippen LogP contribution in [-0.2, 0) is 20.9 Å². The van der Waals surface area contributed by atoms with E-state index >= 15 is 0 Å². The van der Waals surface area contributed by atoms with Crippen molar-refractivity contribution in [3.63, 3.8) is 0 Å². The summed E-state index contributed by atoms with van der Waals surface area (Å²) in [7, 11) is 1.65. The molecule has 32 heavy (non-hydrogen) atoms. The summed E-state index contributed by atoms with van der Waals surface area (Å²) < 4.78 is 22.6. The second-order valence-electron chi connectivity index (χ2n) is 8.26. The molecule has 1 fully saturated rings. The van der Waals surface area contributed by atoms with E-state index in [2.05, 4.69) is 11.1 Å².